The van der Waals surface area contributed by atoms with Crippen molar-refractivity contribution in [1.82, 2.24) is 0 Å². The summed E-state index contributed by atoms with van der Waals surface area (Å²) in [6, 6.07) is 0. The summed E-state index contributed by atoms with van der Waals surface area (Å²) in [5, 5.41) is 0. The van der Waals surface area contributed by atoms with Crippen LogP contribution in [-0.4, -0.2) is 52.2 Å². The fourth-order valence-electron chi connectivity index (χ4n) is 0.647. The van der Waals surface area contributed by atoms with Crippen LogP contribution in [0.15, 0.2) is 4.99 Å². The smallest absolute Gasteiger partial charge is 0.169 e. The number of hydrogen-bond acceptors (Lipinski definition) is 5. The Kier molecular flexibility index (Phi) is 12.4. The molecule has 4 nitrogen and oxygen atoms in total. The number of rotatable bonds is 10. The van der Waals surface area contributed by atoms with E-state index in [0.717, 1.165) is 0 Å². The highest BCUT2D eigenvalue weighted by Crippen LogP contribution is 1.97. The van der Waals surface area contributed by atoms with E-state index in [1.54, 1.807) is 7.05 Å². The quantitative estimate of drug-likeness (QED) is 0.319. The first-order valence-corrected chi connectivity index (χ1v) is 5.21. The Morgan fingerprint density at radius 1 is 1.14 bits per heavy atom. The van der Waals surface area contributed by atoms with Gasteiger partial charge >= 0.3 is 0 Å². The summed E-state index contributed by atoms with van der Waals surface area (Å²) in [5.41, 5.74) is 0. The molecule has 6 heteroatoms. The van der Waals surface area contributed by atoms with E-state index in [0.29, 0.717) is 38.8 Å². The third-order valence-corrected chi connectivity index (χ3v) is 1.52. The molecule has 0 unspecified atom stereocenters. The molecule has 0 heterocycles. The number of hydrogen-bond donors (Lipinski definition) is 0. The standard InChI is InChI=1S/C8H16FNO3S/c1-10-8-13-5-4-11-2-3-12-6-7-14-9/h8H,2-7H2,1H3. The zero-order valence-corrected chi connectivity index (χ0v) is 9.09. The molecule has 0 saturated carbocycles. The zero-order chi connectivity index (χ0) is 10.5. The van der Waals surface area contributed by atoms with Gasteiger partial charge in [0.15, 0.2) is 6.40 Å². The maximum absolute atomic E-state index is 11.5. The molecule has 0 amide bonds. The lowest BCUT2D eigenvalue weighted by Crippen LogP contribution is -2.09. The lowest BCUT2D eigenvalue weighted by Gasteiger charge is -2.04. The van der Waals surface area contributed by atoms with Gasteiger partial charge in [0.25, 0.3) is 0 Å². The Balaban J connectivity index is 2.85. The van der Waals surface area contributed by atoms with Crippen molar-refractivity contribution in [2.75, 3.05) is 45.8 Å². The van der Waals surface area contributed by atoms with Crippen LogP contribution in [0.1, 0.15) is 0 Å². The van der Waals surface area contributed by atoms with Crippen LogP contribution in [-0.2, 0) is 14.2 Å². The van der Waals surface area contributed by atoms with Gasteiger partial charge in [0.2, 0.25) is 0 Å². The molecule has 0 aromatic carbocycles. The Hall–Kier alpha value is -0.330. The van der Waals surface area contributed by atoms with Crippen LogP contribution in [0.5, 0.6) is 0 Å². The molecule has 0 N–H and O–H groups in total. The molecule has 0 aliphatic rings. The van der Waals surface area contributed by atoms with Gasteiger partial charge in [-0.2, -0.15) is 3.89 Å². The van der Waals surface area contributed by atoms with Crippen molar-refractivity contribution in [2.45, 2.75) is 0 Å². The molecule has 0 aromatic heterocycles. The molecule has 0 saturated heterocycles. The predicted molar refractivity (Wildman–Crippen MR) is 55.6 cm³/mol. The van der Waals surface area contributed by atoms with Crippen LogP contribution >= 0.6 is 12.1 Å². The van der Waals surface area contributed by atoms with Gasteiger partial charge < -0.3 is 14.2 Å². The maximum atomic E-state index is 11.5. The molecule has 0 radical (unpaired) electrons. The summed E-state index contributed by atoms with van der Waals surface area (Å²) in [4.78, 5) is 3.64. The predicted octanol–water partition coefficient (Wildman–Crippen LogP) is 1.31. The third-order valence-electron chi connectivity index (χ3n) is 1.20. The van der Waals surface area contributed by atoms with Crippen LogP contribution in [0.3, 0.4) is 0 Å². The molecular formula is C8H16FNO3S. The Bertz CT molecular complexity index is 138. The largest absolute Gasteiger partial charge is 0.481 e. The summed E-state index contributed by atoms with van der Waals surface area (Å²) in [6.07, 6.45) is 1.37. The SMILES string of the molecule is CN=COCCOCCOCCSF. The monoisotopic (exact) mass is 225 g/mol. The van der Waals surface area contributed by atoms with Gasteiger partial charge in [-0.1, -0.05) is 0 Å². The topological polar surface area (TPSA) is 40.0 Å². The van der Waals surface area contributed by atoms with E-state index in [9.17, 15) is 3.89 Å². The van der Waals surface area contributed by atoms with Gasteiger partial charge in [-0.25, -0.2) is 0 Å². The van der Waals surface area contributed by atoms with Crippen molar-refractivity contribution in [3.63, 3.8) is 0 Å². The molecule has 0 aliphatic heterocycles. The molecule has 14 heavy (non-hydrogen) atoms. The average molecular weight is 225 g/mol. The van der Waals surface area contributed by atoms with Crippen LogP contribution < -0.4 is 0 Å². The second-order valence-corrected chi connectivity index (χ2v) is 2.90. The van der Waals surface area contributed by atoms with Crippen LogP contribution in [0.4, 0.5) is 3.89 Å². The van der Waals surface area contributed by atoms with E-state index in [-0.39, 0.29) is 12.1 Å². The molecule has 0 bridgehead atoms. The first-order valence-electron chi connectivity index (χ1n) is 4.33. The Morgan fingerprint density at radius 3 is 2.43 bits per heavy atom. The van der Waals surface area contributed by atoms with E-state index >= 15 is 0 Å². The fourth-order valence-corrected chi connectivity index (χ4v) is 0.828. The van der Waals surface area contributed by atoms with Crippen molar-refractivity contribution in [3.8, 4) is 0 Å². The molecule has 0 fully saturated rings. The summed E-state index contributed by atoms with van der Waals surface area (Å²) in [5.74, 6) is 0.371. The van der Waals surface area contributed by atoms with Gasteiger partial charge in [-0.05, 0) is 0 Å². The van der Waals surface area contributed by atoms with Crippen molar-refractivity contribution < 1.29 is 18.1 Å². The average Bonchev–Trinajstić information content (AvgIpc) is 2.21. The van der Waals surface area contributed by atoms with Gasteiger partial charge in [0, 0.05) is 24.9 Å². The normalized spacial score (nSPS) is 11.0. The molecule has 0 spiro atoms. The van der Waals surface area contributed by atoms with Gasteiger partial charge in [0.1, 0.15) is 6.61 Å². The highest BCUT2D eigenvalue weighted by atomic mass is 32.2. The first kappa shape index (κ1) is 13.7. The van der Waals surface area contributed by atoms with E-state index in [1.807, 2.05) is 0 Å². The molecule has 0 rings (SSSR count). The minimum Gasteiger partial charge on any atom is -0.481 e. The fraction of sp³-hybridized carbons (Fsp3) is 0.875. The summed E-state index contributed by atoms with van der Waals surface area (Å²) >= 11 is 0.279. The molecule has 0 aromatic rings. The zero-order valence-electron chi connectivity index (χ0n) is 8.28. The molecule has 0 aliphatic carbocycles. The summed E-state index contributed by atoms with van der Waals surface area (Å²) in [7, 11) is 1.64. The maximum Gasteiger partial charge on any atom is 0.169 e. The van der Waals surface area contributed by atoms with Gasteiger partial charge in [-0.3, -0.25) is 4.99 Å². The second-order valence-electron chi connectivity index (χ2n) is 2.27. The molecular weight excluding hydrogens is 209 g/mol. The second kappa shape index (κ2) is 12.7. The lowest BCUT2D eigenvalue weighted by molar-refractivity contribution is 0.0405. The van der Waals surface area contributed by atoms with E-state index < -0.39 is 0 Å². The van der Waals surface area contributed by atoms with Crippen LogP contribution in [0, 0.1) is 0 Å². The highest BCUT2D eigenvalue weighted by molar-refractivity contribution is 7.94. The van der Waals surface area contributed by atoms with Crippen molar-refractivity contribution in [1.29, 1.82) is 0 Å². The van der Waals surface area contributed by atoms with Crippen LogP contribution in [0.25, 0.3) is 0 Å². The van der Waals surface area contributed by atoms with E-state index in [2.05, 4.69) is 4.99 Å². The minimum absolute atomic E-state index is 0.279. The third kappa shape index (κ3) is 11.7. The Labute approximate surface area is 88.1 Å². The lowest BCUT2D eigenvalue weighted by atomic mass is 10.7. The molecule has 84 valence electrons. The summed E-state index contributed by atoms with van der Waals surface area (Å²) in [6.45, 7) is 2.40. The number of aliphatic imine (C=N–C) groups is 1. The Morgan fingerprint density at radius 2 is 1.79 bits per heavy atom. The molecule has 0 atom stereocenters. The van der Waals surface area contributed by atoms with Gasteiger partial charge in [0.05, 0.1) is 26.4 Å². The first-order chi connectivity index (χ1) is 6.91. The van der Waals surface area contributed by atoms with E-state index in [1.165, 1.54) is 6.40 Å². The van der Waals surface area contributed by atoms with E-state index in [4.69, 9.17) is 14.2 Å². The van der Waals surface area contributed by atoms with Gasteiger partial charge in [-0.15, -0.1) is 0 Å². The summed E-state index contributed by atoms with van der Waals surface area (Å²) < 4.78 is 26.6. The van der Waals surface area contributed by atoms with Crippen molar-refractivity contribution in [3.05, 3.63) is 0 Å². The van der Waals surface area contributed by atoms with Crippen LogP contribution in [0.2, 0.25) is 0 Å². The van der Waals surface area contributed by atoms with Crippen molar-refractivity contribution in [2.24, 2.45) is 4.99 Å². The number of nitrogens with zero attached hydrogens (tertiary/aromatic N) is 1. The minimum atomic E-state index is 0.279. The number of halogens is 1. The van der Waals surface area contributed by atoms with Crippen molar-refractivity contribution >= 4 is 18.5 Å². The number of ether oxygens (including phenoxy) is 3. The highest BCUT2D eigenvalue weighted by Gasteiger charge is 1.90.